The van der Waals surface area contributed by atoms with Crippen LogP contribution in [-0.2, 0) is 6.42 Å². The Morgan fingerprint density at radius 3 is 2.32 bits per heavy atom. The maximum Gasteiger partial charge on any atom is 0.0936 e. The molecule has 1 fully saturated rings. The number of hydrogen-bond acceptors (Lipinski definition) is 3. The second kappa shape index (κ2) is 5.53. The molecule has 0 radical (unpaired) electrons. The smallest absolute Gasteiger partial charge is 0.0936 e. The van der Waals surface area contributed by atoms with Gasteiger partial charge in [0.2, 0.25) is 0 Å². The van der Waals surface area contributed by atoms with Crippen molar-refractivity contribution in [3.8, 4) is 0 Å². The third kappa shape index (κ3) is 4.03. The molecule has 0 spiro atoms. The lowest BCUT2D eigenvalue weighted by molar-refractivity contribution is 0.244. The normalized spacial score (nSPS) is 19.0. The molecule has 0 atom stereocenters. The molecule has 1 saturated carbocycles. The van der Waals surface area contributed by atoms with Crippen molar-refractivity contribution in [3.05, 3.63) is 15.6 Å². The first kappa shape index (κ1) is 15.0. The summed E-state index contributed by atoms with van der Waals surface area (Å²) < 4.78 is 0. The molecule has 1 N–H and O–H groups in total. The van der Waals surface area contributed by atoms with E-state index in [0.717, 1.165) is 13.0 Å². The Labute approximate surface area is 122 Å². The van der Waals surface area contributed by atoms with Crippen LogP contribution in [0, 0.1) is 19.3 Å². The summed E-state index contributed by atoms with van der Waals surface area (Å²) in [5.41, 5.74) is 1.88. The fourth-order valence-corrected chi connectivity index (χ4v) is 4.04. The van der Waals surface area contributed by atoms with Crippen molar-refractivity contribution in [3.63, 3.8) is 0 Å². The predicted molar refractivity (Wildman–Crippen MR) is 83.9 cm³/mol. The van der Waals surface area contributed by atoms with Crippen molar-refractivity contribution in [2.75, 3.05) is 6.54 Å². The number of thiazole rings is 1. The third-order valence-corrected chi connectivity index (χ3v) is 5.33. The van der Waals surface area contributed by atoms with Crippen molar-refractivity contribution in [2.45, 2.75) is 72.3 Å². The molecule has 2 nitrogen and oxygen atoms in total. The topological polar surface area (TPSA) is 24.9 Å². The standard InChI is InChI=1S/C16H28N2S/c1-12-13(2)19-14(18-12)10-16(8-6-7-9-16)11-17-15(3,4)5/h17H,6-11H2,1-5H3. The summed E-state index contributed by atoms with van der Waals surface area (Å²) in [6.07, 6.45) is 6.64. The Hall–Kier alpha value is -0.410. The molecule has 19 heavy (non-hydrogen) atoms. The van der Waals surface area contributed by atoms with Gasteiger partial charge in [-0.15, -0.1) is 11.3 Å². The molecule has 1 aromatic heterocycles. The molecule has 0 amide bonds. The van der Waals surface area contributed by atoms with E-state index >= 15 is 0 Å². The van der Waals surface area contributed by atoms with Crippen LogP contribution in [0.2, 0.25) is 0 Å². The van der Waals surface area contributed by atoms with Gasteiger partial charge in [0.25, 0.3) is 0 Å². The minimum Gasteiger partial charge on any atom is -0.312 e. The summed E-state index contributed by atoms with van der Waals surface area (Å²) in [7, 11) is 0. The Kier molecular flexibility index (Phi) is 4.36. The van der Waals surface area contributed by atoms with E-state index in [2.05, 4.69) is 39.9 Å². The molecular formula is C16H28N2S. The van der Waals surface area contributed by atoms with Crippen molar-refractivity contribution >= 4 is 11.3 Å². The van der Waals surface area contributed by atoms with E-state index in [9.17, 15) is 0 Å². The van der Waals surface area contributed by atoms with Gasteiger partial charge in [0, 0.05) is 23.4 Å². The van der Waals surface area contributed by atoms with E-state index in [1.54, 1.807) is 0 Å². The Morgan fingerprint density at radius 2 is 1.84 bits per heavy atom. The molecule has 1 heterocycles. The molecule has 0 aliphatic heterocycles. The van der Waals surface area contributed by atoms with Crippen molar-refractivity contribution < 1.29 is 0 Å². The van der Waals surface area contributed by atoms with E-state index in [0.29, 0.717) is 5.41 Å². The van der Waals surface area contributed by atoms with Crippen LogP contribution in [0.5, 0.6) is 0 Å². The Morgan fingerprint density at radius 1 is 1.21 bits per heavy atom. The number of nitrogens with one attached hydrogen (secondary N) is 1. The predicted octanol–water partition coefficient (Wildman–Crippen LogP) is 4.25. The van der Waals surface area contributed by atoms with Gasteiger partial charge in [0.05, 0.1) is 10.7 Å². The highest BCUT2D eigenvalue weighted by molar-refractivity contribution is 7.11. The average Bonchev–Trinajstić information content (AvgIpc) is 2.85. The number of hydrogen-bond donors (Lipinski definition) is 1. The van der Waals surface area contributed by atoms with Crippen molar-refractivity contribution in [1.29, 1.82) is 0 Å². The minimum atomic E-state index is 0.213. The molecule has 1 aromatic rings. The van der Waals surface area contributed by atoms with Gasteiger partial charge in [-0.05, 0) is 52.9 Å². The number of aryl methyl sites for hydroxylation is 2. The highest BCUT2D eigenvalue weighted by Gasteiger charge is 2.35. The van der Waals surface area contributed by atoms with Crippen molar-refractivity contribution in [2.24, 2.45) is 5.41 Å². The largest absolute Gasteiger partial charge is 0.312 e. The lowest BCUT2D eigenvalue weighted by atomic mass is 9.82. The third-order valence-electron chi connectivity index (χ3n) is 4.26. The Bertz CT molecular complexity index is 403. The fraction of sp³-hybridized carbons (Fsp3) is 0.812. The zero-order valence-electron chi connectivity index (χ0n) is 13.1. The Balaban J connectivity index is 2.07. The van der Waals surface area contributed by atoms with E-state index in [-0.39, 0.29) is 5.54 Å². The first-order chi connectivity index (χ1) is 8.80. The summed E-state index contributed by atoms with van der Waals surface area (Å²) in [6, 6.07) is 0. The number of rotatable bonds is 4. The summed E-state index contributed by atoms with van der Waals surface area (Å²) in [6.45, 7) is 12.2. The van der Waals surface area contributed by atoms with Gasteiger partial charge in [-0.3, -0.25) is 0 Å². The molecule has 108 valence electrons. The molecule has 0 aromatic carbocycles. The fourth-order valence-electron chi connectivity index (χ4n) is 2.93. The molecule has 1 aliphatic carbocycles. The second-order valence-corrected chi connectivity index (χ2v) is 8.52. The minimum absolute atomic E-state index is 0.213. The van der Waals surface area contributed by atoms with Crippen LogP contribution >= 0.6 is 11.3 Å². The number of nitrogens with zero attached hydrogens (tertiary/aromatic N) is 1. The van der Waals surface area contributed by atoms with Crippen LogP contribution in [-0.4, -0.2) is 17.1 Å². The van der Waals surface area contributed by atoms with E-state index in [1.165, 1.54) is 41.3 Å². The van der Waals surface area contributed by atoms with E-state index < -0.39 is 0 Å². The van der Waals surface area contributed by atoms with Gasteiger partial charge in [-0.1, -0.05) is 12.8 Å². The van der Waals surface area contributed by atoms with Gasteiger partial charge < -0.3 is 5.32 Å². The second-order valence-electron chi connectivity index (χ2n) is 7.24. The molecule has 0 bridgehead atoms. The van der Waals surface area contributed by atoms with Gasteiger partial charge >= 0.3 is 0 Å². The molecule has 3 heteroatoms. The SMILES string of the molecule is Cc1nc(CC2(CNC(C)(C)C)CCCC2)sc1C. The molecule has 0 saturated heterocycles. The zero-order valence-corrected chi connectivity index (χ0v) is 13.9. The van der Waals surface area contributed by atoms with Crippen molar-refractivity contribution in [1.82, 2.24) is 10.3 Å². The van der Waals surface area contributed by atoms with E-state index in [1.807, 2.05) is 11.3 Å². The lowest BCUT2D eigenvalue weighted by Gasteiger charge is -2.33. The first-order valence-corrected chi connectivity index (χ1v) is 8.29. The molecule has 2 rings (SSSR count). The van der Waals surface area contributed by atoms with Gasteiger partial charge in [-0.25, -0.2) is 4.98 Å². The maximum atomic E-state index is 4.75. The average molecular weight is 280 g/mol. The summed E-state index contributed by atoms with van der Waals surface area (Å²) in [4.78, 5) is 6.14. The molecule has 1 aliphatic rings. The maximum absolute atomic E-state index is 4.75. The van der Waals surface area contributed by atoms with Gasteiger partial charge in [0.15, 0.2) is 0 Å². The summed E-state index contributed by atoms with van der Waals surface area (Å²) >= 11 is 1.89. The molecular weight excluding hydrogens is 252 g/mol. The molecule has 0 unspecified atom stereocenters. The number of aromatic nitrogens is 1. The van der Waals surface area contributed by atoms with Crippen LogP contribution in [0.3, 0.4) is 0 Å². The van der Waals surface area contributed by atoms with Crippen LogP contribution in [0.25, 0.3) is 0 Å². The van der Waals surface area contributed by atoms with Crippen LogP contribution in [0.15, 0.2) is 0 Å². The zero-order chi connectivity index (χ0) is 14.1. The monoisotopic (exact) mass is 280 g/mol. The van der Waals surface area contributed by atoms with Crippen LogP contribution < -0.4 is 5.32 Å². The highest BCUT2D eigenvalue weighted by atomic mass is 32.1. The van der Waals surface area contributed by atoms with Gasteiger partial charge in [-0.2, -0.15) is 0 Å². The quantitative estimate of drug-likeness (QED) is 0.892. The lowest BCUT2D eigenvalue weighted by Crippen LogP contribution is -2.43. The van der Waals surface area contributed by atoms with Crippen LogP contribution in [0.4, 0.5) is 0 Å². The summed E-state index contributed by atoms with van der Waals surface area (Å²) in [5, 5.41) is 5.06. The first-order valence-electron chi connectivity index (χ1n) is 7.48. The van der Waals surface area contributed by atoms with Gasteiger partial charge in [0.1, 0.15) is 0 Å². The highest BCUT2D eigenvalue weighted by Crippen LogP contribution is 2.41. The van der Waals surface area contributed by atoms with Crippen LogP contribution in [0.1, 0.15) is 62.0 Å². The summed E-state index contributed by atoms with van der Waals surface area (Å²) in [5.74, 6) is 0. The van der Waals surface area contributed by atoms with E-state index in [4.69, 9.17) is 4.98 Å².